The lowest BCUT2D eigenvalue weighted by Gasteiger charge is -2.49. The minimum Gasteiger partial charge on any atom is -0.497 e. The van der Waals surface area contributed by atoms with Crippen molar-refractivity contribution in [3.05, 3.63) is 250 Å². The first-order valence-electron chi connectivity index (χ1n) is 25.3. The van der Waals surface area contributed by atoms with Gasteiger partial charge in [0.2, 0.25) is 6.61 Å². The minimum atomic E-state index is -1.10. The zero-order valence-electron chi connectivity index (χ0n) is 42.7. The number of amides is 2. The Morgan fingerprint density at radius 2 is 1.40 bits per heavy atom. The number of carbonyl (C=O) groups is 4. The summed E-state index contributed by atoms with van der Waals surface area (Å²) in [7, 11) is 1.57. The summed E-state index contributed by atoms with van der Waals surface area (Å²) in [5, 5.41) is 12.3. The molecule has 2 amide bonds. The average molecular weight is 1140 g/mol. The second-order valence-corrected chi connectivity index (χ2v) is 22.5. The molecule has 19 heteroatoms. The van der Waals surface area contributed by atoms with Crippen LogP contribution in [0.25, 0.3) is 10.2 Å². The fraction of sp³-hybridized carbons (Fsp3) is 0.148. The molecule has 0 bridgehead atoms. The van der Waals surface area contributed by atoms with Crippen LogP contribution < -0.4 is 15.4 Å². The lowest BCUT2D eigenvalue weighted by molar-refractivity contribution is -0.153. The van der Waals surface area contributed by atoms with Crippen molar-refractivity contribution in [3.8, 4) is 5.75 Å². The van der Waals surface area contributed by atoms with E-state index in [4.69, 9.17) is 29.0 Å². The van der Waals surface area contributed by atoms with Crippen LogP contribution in [0.15, 0.2) is 221 Å². The predicted octanol–water partition coefficient (Wildman–Crippen LogP) is 10.8. The lowest BCUT2D eigenvalue weighted by Crippen LogP contribution is -2.71. The monoisotopic (exact) mass is 1140 g/mol. The number of thioether (sulfide) groups is 2. The zero-order chi connectivity index (χ0) is 54.8. The summed E-state index contributed by atoms with van der Waals surface area (Å²) in [4.78, 5) is 78.4. The number of aromatic nitrogens is 3. The van der Waals surface area contributed by atoms with E-state index < -0.39 is 53.4 Å². The summed E-state index contributed by atoms with van der Waals surface area (Å²) < 4.78 is 19.0. The Balaban J connectivity index is 0.885. The van der Waals surface area contributed by atoms with E-state index in [1.54, 1.807) is 49.1 Å². The predicted molar refractivity (Wildman–Crippen MR) is 311 cm³/mol. The van der Waals surface area contributed by atoms with E-state index in [-0.39, 0.29) is 23.7 Å². The lowest BCUT2D eigenvalue weighted by atomic mass is 9.77. The van der Waals surface area contributed by atoms with Gasteiger partial charge in [-0.25, -0.2) is 19.6 Å². The number of hydrogen-bond acceptors (Lipinski definition) is 17. The summed E-state index contributed by atoms with van der Waals surface area (Å²) >= 11 is 5.60. The van der Waals surface area contributed by atoms with Crippen molar-refractivity contribution < 1.29 is 38.2 Å². The van der Waals surface area contributed by atoms with Crippen molar-refractivity contribution in [2.75, 3.05) is 30.5 Å². The van der Waals surface area contributed by atoms with Gasteiger partial charge in [-0.15, -0.1) is 34.4 Å². The van der Waals surface area contributed by atoms with Crippen molar-refractivity contribution in [2.24, 2.45) is 5.16 Å². The summed E-state index contributed by atoms with van der Waals surface area (Å²) in [5.74, 6) is -1.43. The molecule has 1 fully saturated rings. The first-order valence-corrected chi connectivity index (χ1v) is 29.0. The Labute approximate surface area is 477 Å². The van der Waals surface area contributed by atoms with Crippen LogP contribution >= 0.6 is 46.2 Å². The van der Waals surface area contributed by atoms with E-state index in [0.717, 1.165) is 47.9 Å². The third-order valence-electron chi connectivity index (χ3n) is 13.3. The van der Waals surface area contributed by atoms with Gasteiger partial charge in [0.1, 0.15) is 46.2 Å². The Hall–Kier alpha value is -8.62. The Morgan fingerprint density at radius 1 is 0.787 bits per heavy atom. The van der Waals surface area contributed by atoms with E-state index in [1.807, 2.05) is 158 Å². The number of nitrogens with one attached hydrogen (secondary N) is 2. The van der Waals surface area contributed by atoms with Crippen LogP contribution in [0.2, 0.25) is 0 Å². The Bertz CT molecular complexity index is 3530. The highest BCUT2D eigenvalue weighted by Crippen LogP contribution is 2.44. The number of nitrogens with zero attached hydrogens (tertiary/aromatic N) is 5. The fourth-order valence-electron chi connectivity index (χ4n) is 9.39. The number of ether oxygens (including phenoxy) is 3. The second kappa shape index (κ2) is 24.6. The maximum Gasteiger partial charge on any atom is 0.355 e. The molecule has 9 aromatic rings. The van der Waals surface area contributed by atoms with Gasteiger partial charge in [-0.3, -0.25) is 19.5 Å². The first-order chi connectivity index (χ1) is 39.2. The van der Waals surface area contributed by atoms with Gasteiger partial charge in [-0.2, -0.15) is 0 Å². The molecule has 1 unspecified atom stereocenters. The van der Waals surface area contributed by atoms with Gasteiger partial charge < -0.3 is 29.7 Å². The third kappa shape index (κ3) is 11.6. The van der Waals surface area contributed by atoms with Crippen molar-refractivity contribution in [1.29, 1.82) is 0 Å². The van der Waals surface area contributed by atoms with E-state index >= 15 is 0 Å². The highest BCUT2D eigenvalue weighted by molar-refractivity contribution is 8.02. The number of benzene rings is 6. The van der Waals surface area contributed by atoms with Gasteiger partial charge in [-0.1, -0.05) is 181 Å². The average Bonchev–Trinajstić information content (AvgIpc) is 4.30. The molecule has 400 valence electrons. The van der Waals surface area contributed by atoms with E-state index in [2.05, 4.69) is 20.8 Å². The highest BCUT2D eigenvalue weighted by Gasteiger charge is 2.55. The number of pyridine rings is 1. The van der Waals surface area contributed by atoms with Crippen LogP contribution in [0, 0.1) is 0 Å². The summed E-state index contributed by atoms with van der Waals surface area (Å²) in [6.07, 6.45) is 2.66. The van der Waals surface area contributed by atoms with E-state index in [1.165, 1.54) is 51.1 Å². The molecule has 80 heavy (non-hydrogen) atoms. The smallest absolute Gasteiger partial charge is 0.355 e. The molecular formula is C61H49N7O8S4. The van der Waals surface area contributed by atoms with Gasteiger partial charge in [0, 0.05) is 23.1 Å². The highest BCUT2D eigenvalue weighted by atomic mass is 32.2. The number of carbonyl (C=O) groups excluding carboxylic acids is 4. The first kappa shape index (κ1) is 53.4. The van der Waals surface area contributed by atoms with Gasteiger partial charge in [0.25, 0.3) is 11.8 Å². The molecule has 2 aliphatic rings. The van der Waals surface area contributed by atoms with Gasteiger partial charge in [0.15, 0.2) is 21.3 Å². The summed E-state index contributed by atoms with van der Waals surface area (Å²) in [6, 6.07) is 56.6. The number of fused-ring (bicyclic) bond motifs is 2. The molecule has 0 radical (unpaired) electrons. The second-order valence-electron chi connectivity index (χ2n) is 18.3. The molecule has 11 rings (SSSR count). The number of anilines is 1. The number of hydrogen-bond donors (Lipinski definition) is 2. The molecule has 15 nitrogen and oxygen atoms in total. The summed E-state index contributed by atoms with van der Waals surface area (Å²) in [6.45, 7) is -0.727. The molecule has 2 N–H and O–H groups in total. The fourth-order valence-corrected chi connectivity index (χ4v) is 13.7. The third-order valence-corrected chi connectivity index (χ3v) is 17.6. The largest absolute Gasteiger partial charge is 0.497 e. The molecule has 5 heterocycles. The molecule has 3 aromatic heterocycles. The standard InChI is InChI=1S/C61H49N7O8S4/c1-73-46-29-27-39(28-30-46)34-74-58(72)53-42(37-79-60-64-47-33-62-32-31-49(47)80-60)36-77-57-52(56(71)68(53)57)65-55(70)51(67-75-35-50(69)76-54(40-17-7-2-8-18-40)41-19-9-3-10-20-41)48-38-78-59(63-48)66-61(43-21-11-4-12-22-43,44-23-13-5-14-24-44)45-25-15-6-16-26-45/h2-33,38,52,54,57H,34-37H2,1H3,(H,63,66)(H,65,70)/b67-51-/t52?,57-/m0/s1. The number of methoxy groups -OCH3 is 1. The van der Waals surface area contributed by atoms with Gasteiger partial charge in [0.05, 0.1) is 18.0 Å². The molecule has 0 spiro atoms. The topological polar surface area (TPSA) is 184 Å². The van der Waals surface area contributed by atoms with Crippen LogP contribution in [-0.4, -0.2) is 86.0 Å². The Kier molecular flexibility index (Phi) is 16.4. The van der Waals surface area contributed by atoms with Crippen LogP contribution in [-0.2, 0) is 45.6 Å². The molecular weight excluding hydrogens is 1090 g/mol. The summed E-state index contributed by atoms with van der Waals surface area (Å²) in [5.41, 5.74) is 5.39. The quantitative estimate of drug-likeness (QED) is 0.0173. The van der Waals surface area contributed by atoms with E-state index in [9.17, 15) is 19.2 Å². The van der Waals surface area contributed by atoms with Crippen molar-refractivity contribution in [2.45, 2.75) is 34.0 Å². The van der Waals surface area contributed by atoms with E-state index in [0.29, 0.717) is 28.0 Å². The van der Waals surface area contributed by atoms with Crippen molar-refractivity contribution >= 4 is 91.0 Å². The number of esters is 2. The molecule has 6 aromatic carbocycles. The zero-order valence-corrected chi connectivity index (χ0v) is 46.0. The molecule has 1 saturated heterocycles. The van der Waals surface area contributed by atoms with Crippen LogP contribution in [0.1, 0.15) is 45.2 Å². The maximum atomic E-state index is 14.9. The molecule has 0 aliphatic carbocycles. The van der Waals surface area contributed by atoms with Crippen molar-refractivity contribution in [1.82, 2.24) is 25.2 Å². The number of thiazole rings is 2. The van der Waals surface area contributed by atoms with Crippen LogP contribution in [0.4, 0.5) is 5.13 Å². The molecule has 2 atom stereocenters. The SMILES string of the molecule is COc1ccc(COC(=O)C2=C(CSc3nc4cnccc4s3)CS[C@H]3C(NC(=O)/C(=N\OCC(=O)OC(c4ccccc4)c4ccccc4)c4csc(NC(c5ccccc5)(c5ccccc5)c5ccccc5)n4)C(=O)N23)cc1. The number of rotatable bonds is 21. The number of oxime groups is 1. The maximum absolute atomic E-state index is 14.9. The van der Waals surface area contributed by atoms with Crippen molar-refractivity contribution in [3.63, 3.8) is 0 Å². The van der Waals surface area contributed by atoms with Gasteiger partial charge >= 0.3 is 11.9 Å². The van der Waals surface area contributed by atoms with Crippen LogP contribution in [0.3, 0.4) is 0 Å². The molecule has 0 saturated carbocycles. The normalized spacial score (nSPS) is 15.2. The van der Waals surface area contributed by atoms with Crippen LogP contribution in [0.5, 0.6) is 5.75 Å². The molecule has 2 aliphatic heterocycles. The minimum absolute atomic E-state index is 0.0577. The Morgan fingerprint density at radius 3 is 2.00 bits per heavy atom. The van der Waals surface area contributed by atoms with Gasteiger partial charge in [-0.05, 0) is 57.2 Å². The number of β-lactam (4-membered cyclic amide) rings is 1.